The molecular formula is C12H14BFO4. The zero-order valence-corrected chi connectivity index (χ0v) is 10.3. The van der Waals surface area contributed by atoms with E-state index in [-0.39, 0.29) is 18.6 Å². The maximum absolute atomic E-state index is 13.9. The molecule has 1 aliphatic heterocycles. The third-order valence-electron chi connectivity index (χ3n) is 2.84. The van der Waals surface area contributed by atoms with E-state index in [1.165, 1.54) is 6.07 Å². The monoisotopic (exact) mass is 252 g/mol. The molecule has 1 aromatic carbocycles. The predicted molar refractivity (Wildman–Crippen MR) is 63.8 cm³/mol. The Labute approximate surface area is 105 Å². The second-order valence-corrected chi connectivity index (χ2v) is 4.24. The Morgan fingerprint density at radius 3 is 3.00 bits per heavy atom. The van der Waals surface area contributed by atoms with E-state index >= 15 is 0 Å². The largest absolute Gasteiger partial charge is 0.492 e. The Balaban J connectivity index is 2.27. The van der Waals surface area contributed by atoms with Crippen molar-refractivity contribution >= 4 is 18.6 Å². The van der Waals surface area contributed by atoms with Crippen molar-refractivity contribution < 1.29 is 23.6 Å². The second kappa shape index (κ2) is 5.08. The van der Waals surface area contributed by atoms with Gasteiger partial charge in [-0.25, -0.2) is 4.39 Å². The zero-order chi connectivity index (χ0) is 13.3. The van der Waals surface area contributed by atoms with Crippen molar-refractivity contribution in [2.45, 2.75) is 26.4 Å². The number of hydrogen-bond donors (Lipinski definition) is 1. The van der Waals surface area contributed by atoms with Gasteiger partial charge in [-0.05, 0) is 30.9 Å². The SMILES string of the molecule is CCOC(=O)CC1OB(O)c2cc(C)cc(F)c21. The smallest absolute Gasteiger partial charge is 0.466 e. The Kier molecular flexibility index (Phi) is 3.68. The van der Waals surface area contributed by atoms with E-state index in [1.54, 1.807) is 19.9 Å². The first kappa shape index (κ1) is 13.0. The third-order valence-corrected chi connectivity index (χ3v) is 2.84. The maximum atomic E-state index is 13.9. The minimum Gasteiger partial charge on any atom is -0.466 e. The van der Waals surface area contributed by atoms with Crippen LogP contribution in [0.25, 0.3) is 0 Å². The van der Waals surface area contributed by atoms with E-state index in [0.717, 1.165) is 0 Å². The number of fused-ring (bicyclic) bond motifs is 1. The molecule has 1 atom stereocenters. The van der Waals surface area contributed by atoms with E-state index in [9.17, 15) is 14.2 Å². The minimum atomic E-state index is -1.19. The lowest BCUT2D eigenvalue weighted by Crippen LogP contribution is -2.28. The van der Waals surface area contributed by atoms with E-state index in [2.05, 4.69) is 0 Å². The number of ether oxygens (including phenoxy) is 1. The van der Waals surface area contributed by atoms with Gasteiger partial charge in [-0.3, -0.25) is 4.79 Å². The normalized spacial score (nSPS) is 17.8. The quantitative estimate of drug-likeness (QED) is 0.640. The Morgan fingerprint density at radius 1 is 1.61 bits per heavy atom. The molecule has 0 bridgehead atoms. The van der Waals surface area contributed by atoms with Crippen molar-refractivity contribution in [1.82, 2.24) is 0 Å². The van der Waals surface area contributed by atoms with Crippen molar-refractivity contribution in [2.75, 3.05) is 6.61 Å². The van der Waals surface area contributed by atoms with Crippen LogP contribution < -0.4 is 5.46 Å². The van der Waals surface area contributed by atoms with Gasteiger partial charge in [0.05, 0.1) is 19.1 Å². The molecule has 0 saturated carbocycles. The summed E-state index contributed by atoms with van der Waals surface area (Å²) < 4.78 is 23.9. The summed E-state index contributed by atoms with van der Waals surface area (Å²) in [7, 11) is -1.19. The van der Waals surface area contributed by atoms with E-state index < -0.39 is 25.0 Å². The first-order valence-corrected chi connectivity index (χ1v) is 5.82. The third kappa shape index (κ3) is 2.39. The lowest BCUT2D eigenvalue weighted by molar-refractivity contribution is -0.145. The highest BCUT2D eigenvalue weighted by molar-refractivity contribution is 6.61. The fraction of sp³-hybridized carbons (Fsp3) is 0.417. The van der Waals surface area contributed by atoms with Crippen LogP contribution in [-0.2, 0) is 14.2 Å². The van der Waals surface area contributed by atoms with Gasteiger partial charge in [-0.15, -0.1) is 0 Å². The summed E-state index contributed by atoms with van der Waals surface area (Å²) in [5, 5.41) is 9.70. The highest BCUT2D eigenvalue weighted by Gasteiger charge is 2.38. The molecule has 0 amide bonds. The molecule has 2 rings (SSSR count). The lowest BCUT2D eigenvalue weighted by atomic mass is 9.78. The number of hydrogen-bond acceptors (Lipinski definition) is 4. The number of rotatable bonds is 3. The standard InChI is InChI=1S/C12H14BFO4/c1-3-17-11(15)6-10-12-8(13(16)18-10)4-7(2)5-9(12)14/h4-5,10,16H,3,6H2,1-2H3. The van der Waals surface area contributed by atoms with Crippen molar-refractivity contribution in [1.29, 1.82) is 0 Å². The number of benzene rings is 1. The molecule has 0 aliphatic carbocycles. The van der Waals surface area contributed by atoms with Crippen LogP contribution in [0.2, 0.25) is 0 Å². The summed E-state index contributed by atoms with van der Waals surface area (Å²) in [5.41, 5.74) is 1.34. The van der Waals surface area contributed by atoms with Crippen molar-refractivity contribution in [3.8, 4) is 0 Å². The lowest BCUT2D eigenvalue weighted by Gasteiger charge is -2.12. The van der Waals surface area contributed by atoms with Crippen molar-refractivity contribution in [3.63, 3.8) is 0 Å². The van der Waals surface area contributed by atoms with Gasteiger partial charge in [-0.2, -0.15) is 0 Å². The highest BCUT2D eigenvalue weighted by Crippen LogP contribution is 2.29. The van der Waals surface area contributed by atoms with Crippen LogP contribution in [0.4, 0.5) is 4.39 Å². The molecule has 1 N–H and O–H groups in total. The highest BCUT2D eigenvalue weighted by atomic mass is 19.1. The van der Waals surface area contributed by atoms with Gasteiger partial charge in [0.1, 0.15) is 5.82 Å². The van der Waals surface area contributed by atoms with Gasteiger partial charge in [0, 0.05) is 5.56 Å². The van der Waals surface area contributed by atoms with Crippen LogP contribution in [0.5, 0.6) is 0 Å². The Bertz CT molecular complexity index is 477. The molecule has 96 valence electrons. The molecule has 0 aromatic heterocycles. The van der Waals surface area contributed by atoms with Gasteiger partial charge in [-0.1, -0.05) is 6.07 Å². The first-order valence-electron chi connectivity index (χ1n) is 5.82. The summed E-state index contributed by atoms with van der Waals surface area (Å²) in [5.74, 6) is -0.932. The van der Waals surface area contributed by atoms with Crippen LogP contribution in [0.15, 0.2) is 12.1 Å². The average molecular weight is 252 g/mol. The molecule has 0 spiro atoms. The van der Waals surface area contributed by atoms with E-state index in [0.29, 0.717) is 11.0 Å². The molecule has 6 heteroatoms. The molecule has 1 aromatic rings. The van der Waals surface area contributed by atoms with Gasteiger partial charge < -0.3 is 14.4 Å². The molecule has 0 fully saturated rings. The molecule has 0 radical (unpaired) electrons. The summed E-state index contributed by atoms with van der Waals surface area (Å²) in [6.45, 7) is 3.69. The summed E-state index contributed by atoms with van der Waals surface area (Å²) in [6, 6.07) is 3.02. The van der Waals surface area contributed by atoms with Crippen LogP contribution in [0.3, 0.4) is 0 Å². The maximum Gasteiger partial charge on any atom is 0.492 e. The molecular weight excluding hydrogens is 238 g/mol. The van der Waals surface area contributed by atoms with Crippen LogP contribution in [0, 0.1) is 12.7 Å². The predicted octanol–water partition coefficient (Wildman–Crippen LogP) is 0.846. The van der Waals surface area contributed by atoms with E-state index in [4.69, 9.17) is 9.39 Å². The number of halogens is 1. The fourth-order valence-corrected chi connectivity index (χ4v) is 2.14. The first-order chi connectivity index (χ1) is 8.52. The number of carbonyl (C=O) groups excluding carboxylic acids is 1. The fourth-order valence-electron chi connectivity index (χ4n) is 2.14. The van der Waals surface area contributed by atoms with E-state index in [1.807, 2.05) is 0 Å². The molecule has 4 nitrogen and oxygen atoms in total. The minimum absolute atomic E-state index is 0.0993. The van der Waals surface area contributed by atoms with Gasteiger partial charge in [0.2, 0.25) is 0 Å². The van der Waals surface area contributed by atoms with Crippen LogP contribution in [0.1, 0.15) is 30.6 Å². The van der Waals surface area contributed by atoms with Crippen molar-refractivity contribution in [2.24, 2.45) is 0 Å². The topological polar surface area (TPSA) is 55.8 Å². The molecule has 0 saturated heterocycles. The Hall–Kier alpha value is -1.40. The van der Waals surface area contributed by atoms with Gasteiger partial charge in [0.25, 0.3) is 0 Å². The van der Waals surface area contributed by atoms with Crippen molar-refractivity contribution in [3.05, 3.63) is 29.1 Å². The summed E-state index contributed by atoms with van der Waals surface area (Å²) in [4.78, 5) is 11.4. The number of esters is 1. The molecule has 1 aliphatic rings. The Morgan fingerprint density at radius 2 is 2.33 bits per heavy atom. The van der Waals surface area contributed by atoms with Crippen LogP contribution in [-0.4, -0.2) is 24.7 Å². The second-order valence-electron chi connectivity index (χ2n) is 4.24. The molecule has 18 heavy (non-hydrogen) atoms. The van der Waals surface area contributed by atoms with Gasteiger partial charge >= 0.3 is 13.1 Å². The van der Waals surface area contributed by atoms with Crippen LogP contribution >= 0.6 is 0 Å². The molecule has 1 heterocycles. The number of aryl methyl sites for hydroxylation is 1. The average Bonchev–Trinajstić information content (AvgIpc) is 2.55. The zero-order valence-electron chi connectivity index (χ0n) is 10.3. The molecule has 1 unspecified atom stereocenters. The number of carbonyl (C=O) groups is 1. The van der Waals surface area contributed by atoms with Gasteiger partial charge in [0.15, 0.2) is 0 Å². The summed E-state index contributed by atoms with van der Waals surface area (Å²) in [6.07, 6.45) is -0.882. The summed E-state index contributed by atoms with van der Waals surface area (Å²) >= 11 is 0.